The van der Waals surface area contributed by atoms with Gasteiger partial charge in [-0.1, -0.05) is 18.5 Å². The lowest BCUT2D eigenvalue weighted by Gasteiger charge is -2.30. The van der Waals surface area contributed by atoms with Crippen LogP contribution in [0.3, 0.4) is 0 Å². The Morgan fingerprint density at radius 3 is 2.65 bits per heavy atom. The van der Waals surface area contributed by atoms with Gasteiger partial charge in [-0.05, 0) is 27.2 Å². The first-order chi connectivity index (χ1) is 7.85. The summed E-state index contributed by atoms with van der Waals surface area (Å²) < 4.78 is 0. The van der Waals surface area contributed by atoms with E-state index in [9.17, 15) is 5.11 Å². The fourth-order valence-electron chi connectivity index (χ4n) is 1.30. The smallest absolute Gasteiger partial charge is 0.134 e. The zero-order valence-electron chi connectivity index (χ0n) is 10.8. The van der Waals surface area contributed by atoms with Crippen LogP contribution < -0.4 is 5.32 Å². The molecule has 2 N–H and O–H groups in total. The molecule has 0 aliphatic heterocycles. The minimum Gasteiger partial charge on any atom is -0.391 e. The molecule has 0 aliphatic rings. The van der Waals surface area contributed by atoms with Crippen molar-refractivity contribution in [3.05, 3.63) is 17.0 Å². The maximum atomic E-state index is 9.64. The third-order valence-corrected chi connectivity index (χ3v) is 2.90. The number of aliphatic hydroxyl groups is 1. The fraction of sp³-hybridized carbons (Fsp3) is 0.667. The van der Waals surface area contributed by atoms with Crippen molar-refractivity contribution in [1.29, 1.82) is 0 Å². The fourth-order valence-corrected chi connectivity index (χ4v) is 1.50. The largest absolute Gasteiger partial charge is 0.391 e. The van der Waals surface area contributed by atoms with E-state index in [1.165, 1.54) is 0 Å². The number of hydrogen-bond acceptors (Lipinski definition) is 4. The lowest BCUT2D eigenvalue weighted by molar-refractivity contribution is 0.133. The molecule has 0 saturated carbocycles. The second kappa shape index (κ2) is 5.65. The van der Waals surface area contributed by atoms with Gasteiger partial charge in [0.05, 0.1) is 11.6 Å². The Morgan fingerprint density at radius 1 is 1.47 bits per heavy atom. The monoisotopic (exact) mass is 257 g/mol. The van der Waals surface area contributed by atoms with Gasteiger partial charge in [-0.25, -0.2) is 9.97 Å². The SMILES string of the molecule is CCCc1nc(Cl)cc(NC(C)(C)C(C)O)n1. The van der Waals surface area contributed by atoms with Crippen LogP contribution in [0.25, 0.3) is 0 Å². The standard InChI is InChI=1S/C12H20ClN3O/c1-5-6-10-14-9(13)7-11(15-10)16-12(3,4)8(2)17/h7-8,17H,5-6H2,1-4H3,(H,14,15,16). The molecule has 0 aliphatic carbocycles. The Bertz CT molecular complexity index is 380. The van der Waals surface area contributed by atoms with Crippen LogP contribution in [0.2, 0.25) is 5.15 Å². The van der Waals surface area contributed by atoms with Crippen LogP contribution in [0.1, 0.15) is 39.9 Å². The molecule has 0 amide bonds. The van der Waals surface area contributed by atoms with Crippen LogP contribution in [-0.2, 0) is 6.42 Å². The summed E-state index contributed by atoms with van der Waals surface area (Å²) in [4.78, 5) is 8.52. The quantitative estimate of drug-likeness (QED) is 0.797. The average molecular weight is 258 g/mol. The zero-order valence-corrected chi connectivity index (χ0v) is 11.5. The van der Waals surface area contributed by atoms with Crippen LogP contribution in [0.15, 0.2) is 6.07 Å². The molecule has 96 valence electrons. The molecule has 1 aromatic heterocycles. The summed E-state index contributed by atoms with van der Waals surface area (Å²) in [5, 5.41) is 13.2. The summed E-state index contributed by atoms with van der Waals surface area (Å²) in [7, 11) is 0. The Kier molecular flexibility index (Phi) is 4.71. The molecule has 0 spiro atoms. The molecule has 0 aromatic carbocycles. The molecule has 1 unspecified atom stereocenters. The summed E-state index contributed by atoms with van der Waals surface area (Å²) >= 11 is 5.94. The minimum atomic E-state index is -0.495. The predicted molar refractivity (Wildman–Crippen MR) is 70.4 cm³/mol. The molecule has 0 radical (unpaired) electrons. The molecular formula is C12H20ClN3O. The number of nitrogens with zero attached hydrogens (tertiary/aromatic N) is 2. The number of halogens is 1. The molecule has 1 rings (SSSR count). The van der Waals surface area contributed by atoms with E-state index < -0.39 is 11.6 Å². The number of aliphatic hydroxyl groups excluding tert-OH is 1. The summed E-state index contributed by atoms with van der Waals surface area (Å²) in [6, 6.07) is 1.67. The van der Waals surface area contributed by atoms with Crippen LogP contribution in [0.4, 0.5) is 5.82 Å². The summed E-state index contributed by atoms with van der Waals surface area (Å²) in [5.41, 5.74) is -0.457. The Morgan fingerprint density at radius 2 is 2.12 bits per heavy atom. The minimum absolute atomic E-state index is 0.423. The van der Waals surface area contributed by atoms with E-state index in [-0.39, 0.29) is 0 Å². The van der Waals surface area contributed by atoms with Crippen molar-refractivity contribution in [3.8, 4) is 0 Å². The third-order valence-electron chi connectivity index (χ3n) is 2.71. The van der Waals surface area contributed by atoms with E-state index >= 15 is 0 Å². The Hall–Kier alpha value is -0.870. The van der Waals surface area contributed by atoms with Gasteiger partial charge in [-0.15, -0.1) is 0 Å². The van der Waals surface area contributed by atoms with Crippen molar-refractivity contribution in [2.75, 3.05) is 5.32 Å². The van der Waals surface area contributed by atoms with Gasteiger partial charge >= 0.3 is 0 Å². The second-order valence-corrected chi connectivity index (χ2v) is 5.15. The van der Waals surface area contributed by atoms with Crippen molar-refractivity contribution < 1.29 is 5.11 Å². The van der Waals surface area contributed by atoms with Crippen molar-refractivity contribution >= 4 is 17.4 Å². The molecule has 0 fully saturated rings. The van der Waals surface area contributed by atoms with E-state index in [1.807, 2.05) is 13.8 Å². The molecule has 17 heavy (non-hydrogen) atoms. The van der Waals surface area contributed by atoms with E-state index in [4.69, 9.17) is 11.6 Å². The van der Waals surface area contributed by atoms with E-state index in [1.54, 1.807) is 13.0 Å². The molecule has 1 atom stereocenters. The van der Waals surface area contributed by atoms with Gasteiger partial charge in [0.1, 0.15) is 16.8 Å². The van der Waals surface area contributed by atoms with Crippen LogP contribution in [0, 0.1) is 0 Å². The summed E-state index contributed by atoms with van der Waals surface area (Å²) in [5.74, 6) is 1.38. The normalized spacial score (nSPS) is 13.5. The Balaban J connectivity index is 2.91. The highest BCUT2D eigenvalue weighted by Crippen LogP contribution is 2.19. The molecule has 1 heterocycles. The van der Waals surface area contributed by atoms with Gasteiger partial charge in [0.2, 0.25) is 0 Å². The van der Waals surface area contributed by atoms with Crippen molar-refractivity contribution in [1.82, 2.24) is 9.97 Å². The molecule has 0 saturated heterocycles. The van der Waals surface area contributed by atoms with Crippen molar-refractivity contribution in [3.63, 3.8) is 0 Å². The summed E-state index contributed by atoms with van der Waals surface area (Å²) in [6.45, 7) is 7.63. The first-order valence-corrected chi connectivity index (χ1v) is 6.22. The third kappa shape index (κ3) is 4.13. The van der Waals surface area contributed by atoms with Gasteiger partial charge in [0.15, 0.2) is 0 Å². The Labute approximate surface area is 107 Å². The number of rotatable bonds is 5. The second-order valence-electron chi connectivity index (χ2n) is 4.76. The predicted octanol–water partition coefficient (Wildman–Crippen LogP) is 2.65. The molecule has 1 aromatic rings. The van der Waals surface area contributed by atoms with Crippen molar-refractivity contribution in [2.45, 2.75) is 52.2 Å². The van der Waals surface area contributed by atoms with Crippen molar-refractivity contribution in [2.24, 2.45) is 0 Å². The molecular weight excluding hydrogens is 238 g/mol. The number of hydrogen-bond donors (Lipinski definition) is 2. The maximum absolute atomic E-state index is 9.64. The average Bonchev–Trinajstić information content (AvgIpc) is 2.15. The number of aromatic nitrogens is 2. The lowest BCUT2D eigenvalue weighted by Crippen LogP contribution is -2.42. The van der Waals surface area contributed by atoms with E-state index in [2.05, 4.69) is 22.2 Å². The van der Waals surface area contributed by atoms with Gasteiger partial charge in [-0.3, -0.25) is 0 Å². The number of aryl methyl sites for hydroxylation is 1. The maximum Gasteiger partial charge on any atom is 0.134 e. The van der Waals surface area contributed by atoms with Gasteiger partial charge in [-0.2, -0.15) is 0 Å². The number of anilines is 1. The summed E-state index contributed by atoms with van der Waals surface area (Å²) in [6.07, 6.45) is 1.27. The van der Waals surface area contributed by atoms with E-state index in [0.29, 0.717) is 11.0 Å². The van der Waals surface area contributed by atoms with Crippen LogP contribution in [-0.4, -0.2) is 26.7 Å². The highest BCUT2D eigenvalue weighted by atomic mass is 35.5. The van der Waals surface area contributed by atoms with Gasteiger partial charge in [0, 0.05) is 12.5 Å². The topological polar surface area (TPSA) is 58.0 Å². The van der Waals surface area contributed by atoms with Crippen LogP contribution >= 0.6 is 11.6 Å². The first kappa shape index (κ1) is 14.2. The van der Waals surface area contributed by atoms with E-state index in [0.717, 1.165) is 18.7 Å². The highest BCUT2D eigenvalue weighted by Gasteiger charge is 2.24. The van der Waals surface area contributed by atoms with Gasteiger partial charge < -0.3 is 10.4 Å². The highest BCUT2D eigenvalue weighted by molar-refractivity contribution is 6.29. The van der Waals surface area contributed by atoms with Crippen LogP contribution in [0.5, 0.6) is 0 Å². The molecule has 0 bridgehead atoms. The molecule has 5 heteroatoms. The number of nitrogens with one attached hydrogen (secondary N) is 1. The lowest BCUT2D eigenvalue weighted by atomic mass is 9.99. The molecule has 4 nitrogen and oxygen atoms in total. The van der Waals surface area contributed by atoms with Gasteiger partial charge in [0.25, 0.3) is 0 Å². The zero-order chi connectivity index (χ0) is 13.1. The first-order valence-electron chi connectivity index (χ1n) is 5.85.